The fourth-order valence-corrected chi connectivity index (χ4v) is 3.28. The Bertz CT molecular complexity index is 476. The van der Waals surface area contributed by atoms with Gasteiger partial charge in [0.2, 0.25) is 0 Å². The molecule has 2 N–H and O–H groups in total. The Morgan fingerprint density at radius 3 is 2.74 bits per heavy atom. The molecule has 2 atom stereocenters. The minimum absolute atomic E-state index is 0.0312. The van der Waals surface area contributed by atoms with Crippen LogP contribution in [0.5, 0.6) is 0 Å². The second-order valence-electron chi connectivity index (χ2n) is 7.06. The van der Waals surface area contributed by atoms with E-state index in [1.807, 2.05) is 6.07 Å². The number of likely N-dealkylation sites (tertiary alicyclic amines) is 1. The molecule has 1 fully saturated rings. The lowest BCUT2D eigenvalue weighted by Gasteiger charge is -2.19. The highest BCUT2D eigenvalue weighted by Gasteiger charge is 2.26. The molecule has 0 spiro atoms. The predicted octanol–water partition coefficient (Wildman–Crippen LogP) is 2.82. The van der Waals surface area contributed by atoms with E-state index in [0.29, 0.717) is 18.9 Å². The lowest BCUT2D eigenvalue weighted by Crippen LogP contribution is -2.27. The third-order valence-corrected chi connectivity index (χ3v) is 4.37. The maximum atomic E-state index is 12.1. The van der Waals surface area contributed by atoms with E-state index >= 15 is 0 Å². The standard InChI is InChI=1S/C19H30N2O2/c1-15(2)10-17(12-20)11-19(22)23-18-8-9-21(14-18)13-16-6-4-3-5-7-16/h3-7,15,17-18H,8-14,20H2,1-2H3/t17-,18+/m0/s1. The zero-order valence-electron chi connectivity index (χ0n) is 14.4. The molecule has 128 valence electrons. The molecule has 1 aliphatic heterocycles. The van der Waals surface area contributed by atoms with Gasteiger partial charge in [0.05, 0.1) is 0 Å². The van der Waals surface area contributed by atoms with Gasteiger partial charge < -0.3 is 10.5 Å². The van der Waals surface area contributed by atoms with Crippen molar-refractivity contribution in [1.29, 1.82) is 0 Å². The number of nitrogens with zero attached hydrogens (tertiary/aromatic N) is 1. The summed E-state index contributed by atoms with van der Waals surface area (Å²) in [5, 5.41) is 0. The lowest BCUT2D eigenvalue weighted by atomic mass is 9.94. The topological polar surface area (TPSA) is 55.6 Å². The van der Waals surface area contributed by atoms with Gasteiger partial charge in [-0.15, -0.1) is 0 Å². The van der Waals surface area contributed by atoms with Crippen LogP contribution in [0.3, 0.4) is 0 Å². The zero-order valence-corrected chi connectivity index (χ0v) is 14.4. The van der Waals surface area contributed by atoms with Crippen LogP contribution in [0.25, 0.3) is 0 Å². The molecule has 1 saturated heterocycles. The van der Waals surface area contributed by atoms with Gasteiger partial charge in [0.1, 0.15) is 6.10 Å². The molecule has 0 aromatic heterocycles. The largest absolute Gasteiger partial charge is 0.461 e. The van der Waals surface area contributed by atoms with Crippen molar-refractivity contribution in [3.8, 4) is 0 Å². The van der Waals surface area contributed by atoms with Crippen molar-refractivity contribution < 1.29 is 9.53 Å². The maximum Gasteiger partial charge on any atom is 0.306 e. The highest BCUT2D eigenvalue weighted by molar-refractivity contribution is 5.70. The summed E-state index contributed by atoms with van der Waals surface area (Å²) in [6.07, 6.45) is 2.39. The molecular weight excluding hydrogens is 288 g/mol. The third kappa shape index (κ3) is 6.32. The average Bonchev–Trinajstić information content (AvgIpc) is 2.94. The van der Waals surface area contributed by atoms with Gasteiger partial charge in [0.25, 0.3) is 0 Å². The van der Waals surface area contributed by atoms with Crippen LogP contribution in [0.4, 0.5) is 0 Å². The average molecular weight is 318 g/mol. The van der Waals surface area contributed by atoms with Crippen molar-refractivity contribution in [3.63, 3.8) is 0 Å². The molecule has 0 bridgehead atoms. The minimum atomic E-state index is -0.0901. The molecule has 0 amide bonds. The van der Waals surface area contributed by atoms with Crippen LogP contribution >= 0.6 is 0 Å². The van der Waals surface area contributed by atoms with Crippen molar-refractivity contribution in [2.24, 2.45) is 17.6 Å². The number of nitrogens with two attached hydrogens (primary N) is 1. The highest BCUT2D eigenvalue weighted by Crippen LogP contribution is 2.19. The first kappa shape index (κ1) is 18.0. The van der Waals surface area contributed by atoms with E-state index < -0.39 is 0 Å². The number of carbonyl (C=O) groups excluding carboxylic acids is 1. The molecule has 1 aliphatic rings. The second-order valence-corrected chi connectivity index (χ2v) is 7.06. The fourth-order valence-electron chi connectivity index (χ4n) is 3.28. The van der Waals surface area contributed by atoms with Crippen LogP contribution in [0.15, 0.2) is 30.3 Å². The van der Waals surface area contributed by atoms with Gasteiger partial charge in [-0.3, -0.25) is 9.69 Å². The van der Waals surface area contributed by atoms with Crippen LogP contribution in [-0.4, -0.2) is 36.6 Å². The summed E-state index contributed by atoms with van der Waals surface area (Å²) >= 11 is 0. The molecule has 0 unspecified atom stereocenters. The van der Waals surface area contributed by atoms with E-state index in [1.54, 1.807) is 0 Å². The van der Waals surface area contributed by atoms with Crippen LogP contribution < -0.4 is 5.73 Å². The molecule has 0 saturated carbocycles. The van der Waals surface area contributed by atoms with Crippen molar-refractivity contribution >= 4 is 5.97 Å². The summed E-state index contributed by atoms with van der Waals surface area (Å²) < 4.78 is 5.66. The lowest BCUT2D eigenvalue weighted by molar-refractivity contribution is -0.149. The van der Waals surface area contributed by atoms with Crippen molar-refractivity contribution in [1.82, 2.24) is 4.90 Å². The Morgan fingerprint density at radius 2 is 2.09 bits per heavy atom. The second kappa shape index (κ2) is 9.04. The van der Waals surface area contributed by atoms with Gasteiger partial charge in [-0.25, -0.2) is 0 Å². The summed E-state index contributed by atoms with van der Waals surface area (Å²) in [4.78, 5) is 14.5. The molecule has 4 nitrogen and oxygen atoms in total. The number of benzene rings is 1. The van der Waals surface area contributed by atoms with Crippen LogP contribution in [-0.2, 0) is 16.1 Å². The Balaban J connectivity index is 1.73. The van der Waals surface area contributed by atoms with Gasteiger partial charge in [-0.1, -0.05) is 44.2 Å². The normalized spacial score (nSPS) is 19.9. The number of rotatable bonds is 8. The first-order chi connectivity index (χ1) is 11.1. The summed E-state index contributed by atoms with van der Waals surface area (Å²) in [5.41, 5.74) is 7.07. The van der Waals surface area contributed by atoms with E-state index in [-0.39, 0.29) is 18.0 Å². The Labute approximate surface area is 140 Å². The quantitative estimate of drug-likeness (QED) is 0.749. The monoisotopic (exact) mass is 318 g/mol. The molecule has 4 heteroatoms. The summed E-state index contributed by atoms with van der Waals surface area (Å²) in [6.45, 7) is 7.61. The molecule has 1 heterocycles. The Morgan fingerprint density at radius 1 is 1.35 bits per heavy atom. The Kier molecular flexibility index (Phi) is 7.06. The maximum absolute atomic E-state index is 12.1. The predicted molar refractivity (Wildman–Crippen MR) is 92.8 cm³/mol. The molecule has 23 heavy (non-hydrogen) atoms. The molecular formula is C19H30N2O2. The van der Waals surface area contributed by atoms with Crippen molar-refractivity contribution in [2.75, 3.05) is 19.6 Å². The fraction of sp³-hybridized carbons (Fsp3) is 0.632. The van der Waals surface area contributed by atoms with Gasteiger partial charge in [0.15, 0.2) is 0 Å². The van der Waals surface area contributed by atoms with Crippen LogP contribution in [0, 0.1) is 11.8 Å². The first-order valence-electron chi connectivity index (χ1n) is 8.72. The summed E-state index contributed by atoms with van der Waals surface area (Å²) in [6, 6.07) is 10.4. The van der Waals surface area contributed by atoms with E-state index in [1.165, 1.54) is 5.56 Å². The SMILES string of the molecule is CC(C)C[C@H](CN)CC(=O)O[C@@H]1CCN(Cc2ccccc2)C1. The van der Waals surface area contributed by atoms with Crippen LogP contribution in [0.1, 0.15) is 38.7 Å². The van der Waals surface area contributed by atoms with Gasteiger partial charge in [-0.2, -0.15) is 0 Å². The smallest absolute Gasteiger partial charge is 0.306 e. The van der Waals surface area contributed by atoms with Gasteiger partial charge in [0, 0.05) is 26.1 Å². The molecule has 1 aromatic carbocycles. The van der Waals surface area contributed by atoms with Gasteiger partial charge >= 0.3 is 5.97 Å². The number of carbonyl (C=O) groups is 1. The van der Waals surface area contributed by atoms with Crippen molar-refractivity contribution in [3.05, 3.63) is 35.9 Å². The summed E-state index contributed by atoms with van der Waals surface area (Å²) in [7, 11) is 0. The van der Waals surface area contributed by atoms with E-state index in [0.717, 1.165) is 32.5 Å². The molecule has 0 radical (unpaired) electrons. The highest BCUT2D eigenvalue weighted by atomic mass is 16.5. The van der Waals surface area contributed by atoms with E-state index in [4.69, 9.17) is 10.5 Å². The first-order valence-corrected chi connectivity index (χ1v) is 8.72. The number of hydrogen-bond donors (Lipinski definition) is 1. The molecule has 2 rings (SSSR count). The molecule has 0 aliphatic carbocycles. The minimum Gasteiger partial charge on any atom is -0.461 e. The Hall–Kier alpha value is -1.39. The van der Waals surface area contributed by atoms with Crippen molar-refractivity contribution in [2.45, 2.75) is 45.8 Å². The van der Waals surface area contributed by atoms with Crippen LogP contribution in [0.2, 0.25) is 0 Å². The third-order valence-electron chi connectivity index (χ3n) is 4.37. The van der Waals surface area contributed by atoms with Gasteiger partial charge in [-0.05, 0) is 36.8 Å². The number of hydrogen-bond acceptors (Lipinski definition) is 4. The summed E-state index contributed by atoms with van der Waals surface area (Å²) in [5.74, 6) is 0.709. The van der Waals surface area contributed by atoms with E-state index in [2.05, 4.69) is 43.0 Å². The van der Waals surface area contributed by atoms with E-state index in [9.17, 15) is 4.79 Å². The molecule has 1 aromatic rings. The number of ether oxygens (including phenoxy) is 1. The zero-order chi connectivity index (χ0) is 16.7. The number of esters is 1.